The Bertz CT molecular complexity index is 1600. The fourth-order valence-electron chi connectivity index (χ4n) is 8.01. The van der Waals surface area contributed by atoms with Gasteiger partial charge in [0, 0.05) is 57.6 Å². The number of hydrogen-bond donors (Lipinski definition) is 0. The molecule has 3 aliphatic rings. The molecular formula is C37H52N6O4S. The van der Waals surface area contributed by atoms with E-state index in [4.69, 9.17) is 14.5 Å². The Morgan fingerprint density at radius 1 is 0.938 bits per heavy atom. The van der Waals surface area contributed by atoms with Crippen molar-refractivity contribution in [1.82, 2.24) is 24.1 Å². The summed E-state index contributed by atoms with van der Waals surface area (Å²) in [4.78, 5) is 17.0. The summed E-state index contributed by atoms with van der Waals surface area (Å²) in [5, 5.41) is 0. The molecule has 3 fully saturated rings. The topological polar surface area (TPSA) is 91.3 Å². The average molecular weight is 677 g/mol. The van der Waals surface area contributed by atoms with Crippen LogP contribution < -0.4 is 14.4 Å². The van der Waals surface area contributed by atoms with E-state index in [-0.39, 0.29) is 18.2 Å². The molecule has 0 saturated carbocycles. The van der Waals surface area contributed by atoms with Gasteiger partial charge in [-0.3, -0.25) is 4.90 Å². The molecule has 3 aliphatic heterocycles. The lowest BCUT2D eigenvalue weighted by molar-refractivity contribution is 0.0351. The molecule has 0 N–H and O–H groups in total. The number of aromatic nitrogens is 2. The minimum atomic E-state index is -3.72. The maximum absolute atomic E-state index is 14.0. The van der Waals surface area contributed by atoms with E-state index in [1.165, 1.54) is 31.5 Å². The van der Waals surface area contributed by atoms with Gasteiger partial charge in [0.15, 0.2) is 0 Å². The van der Waals surface area contributed by atoms with E-state index in [0.29, 0.717) is 40.1 Å². The van der Waals surface area contributed by atoms with Gasteiger partial charge in [-0.25, -0.2) is 13.4 Å². The number of ether oxygens (including phenoxy) is 2. The predicted octanol–water partition coefficient (Wildman–Crippen LogP) is 5.25. The molecule has 0 amide bonds. The van der Waals surface area contributed by atoms with E-state index >= 15 is 0 Å². The van der Waals surface area contributed by atoms with Crippen molar-refractivity contribution in [3.05, 3.63) is 71.4 Å². The third-order valence-electron chi connectivity index (χ3n) is 10.6. The summed E-state index contributed by atoms with van der Waals surface area (Å²) in [6, 6.07) is 16.2. The number of hydrogen-bond acceptors (Lipinski definition) is 9. The quantitative estimate of drug-likeness (QED) is 0.255. The summed E-state index contributed by atoms with van der Waals surface area (Å²) < 4.78 is 41.1. The van der Waals surface area contributed by atoms with Crippen molar-refractivity contribution in [3.8, 4) is 11.6 Å². The van der Waals surface area contributed by atoms with Gasteiger partial charge in [-0.1, -0.05) is 36.8 Å². The van der Waals surface area contributed by atoms with Gasteiger partial charge in [0.05, 0.1) is 18.0 Å². The van der Waals surface area contributed by atoms with E-state index in [2.05, 4.69) is 50.0 Å². The van der Waals surface area contributed by atoms with Gasteiger partial charge < -0.3 is 19.3 Å². The molecule has 10 nitrogen and oxygen atoms in total. The fourth-order valence-corrected chi connectivity index (χ4v) is 10.1. The molecule has 0 spiro atoms. The zero-order valence-corrected chi connectivity index (χ0v) is 29.9. The maximum atomic E-state index is 14.0. The summed E-state index contributed by atoms with van der Waals surface area (Å²) in [6.45, 7) is 10.6. The highest BCUT2D eigenvalue weighted by Crippen LogP contribution is 2.41. The largest absolute Gasteiger partial charge is 0.497 e. The van der Waals surface area contributed by atoms with Crippen LogP contribution in [0.4, 0.5) is 5.95 Å². The summed E-state index contributed by atoms with van der Waals surface area (Å²) in [6.07, 6.45) is 9.13. The first kappa shape index (κ1) is 34.6. The summed E-state index contributed by atoms with van der Waals surface area (Å²) in [5.74, 6) is 1.73. The first-order chi connectivity index (χ1) is 23.2. The van der Waals surface area contributed by atoms with Crippen LogP contribution in [0.1, 0.15) is 61.6 Å². The van der Waals surface area contributed by atoms with Crippen LogP contribution in [0.25, 0.3) is 0 Å². The molecule has 6 rings (SSSR count). The van der Waals surface area contributed by atoms with Crippen molar-refractivity contribution in [3.63, 3.8) is 0 Å². The zero-order chi connectivity index (χ0) is 33.7. The number of methoxy groups -OCH3 is 1. The van der Waals surface area contributed by atoms with Crippen molar-refractivity contribution in [2.75, 3.05) is 71.5 Å². The van der Waals surface area contributed by atoms with Crippen LogP contribution in [0.15, 0.2) is 59.6 Å². The lowest BCUT2D eigenvalue weighted by atomic mass is 9.79. The molecule has 48 heavy (non-hydrogen) atoms. The van der Waals surface area contributed by atoms with Gasteiger partial charge in [0.2, 0.25) is 21.9 Å². The van der Waals surface area contributed by atoms with Gasteiger partial charge in [-0.15, -0.1) is 0 Å². The van der Waals surface area contributed by atoms with E-state index in [1.54, 1.807) is 35.8 Å². The molecule has 1 atom stereocenters. The Morgan fingerprint density at radius 2 is 1.62 bits per heavy atom. The Hall–Kier alpha value is -3.25. The second-order valence-electron chi connectivity index (χ2n) is 13.7. The molecule has 0 radical (unpaired) electrons. The second kappa shape index (κ2) is 15.1. The smallest absolute Gasteiger partial charge is 0.243 e. The monoisotopic (exact) mass is 676 g/mol. The minimum absolute atomic E-state index is 0.147. The van der Waals surface area contributed by atoms with Crippen molar-refractivity contribution in [1.29, 1.82) is 0 Å². The molecule has 1 unspecified atom stereocenters. The van der Waals surface area contributed by atoms with E-state index in [9.17, 15) is 8.42 Å². The molecule has 260 valence electrons. The van der Waals surface area contributed by atoms with E-state index < -0.39 is 10.0 Å². The number of sulfonamides is 1. The van der Waals surface area contributed by atoms with Crippen molar-refractivity contribution in [2.24, 2.45) is 0 Å². The van der Waals surface area contributed by atoms with Crippen LogP contribution in [0.3, 0.4) is 0 Å². The molecule has 3 saturated heterocycles. The standard InChI is InChI=1S/C37H52N6O4S/c1-29-26-33(46-4)27-30(2)35(29)48(44,45)43-21-9-8-14-32(43)28-47-34-15-18-38-36(39-34)40(3)24-25-41-22-16-37(17-23-41,42-19-10-11-20-42)31-12-6-5-7-13-31/h5-7,12-13,15,18,26-27,32H,8-11,14,16-17,19-25,28H2,1-4H3. The van der Waals surface area contributed by atoms with Gasteiger partial charge in [0.25, 0.3) is 0 Å². The van der Waals surface area contributed by atoms with Crippen LogP contribution in [0.5, 0.6) is 11.6 Å². The number of rotatable bonds is 12. The predicted molar refractivity (Wildman–Crippen MR) is 189 cm³/mol. The van der Waals surface area contributed by atoms with Gasteiger partial charge >= 0.3 is 0 Å². The number of aryl methyl sites for hydroxylation is 2. The van der Waals surface area contributed by atoms with Crippen molar-refractivity contribution in [2.45, 2.75) is 75.3 Å². The van der Waals surface area contributed by atoms with E-state index in [1.807, 2.05) is 20.9 Å². The maximum Gasteiger partial charge on any atom is 0.243 e. The third kappa shape index (κ3) is 7.34. The summed E-state index contributed by atoms with van der Waals surface area (Å²) in [7, 11) is -0.102. The van der Waals surface area contributed by atoms with Gasteiger partial charge in [-0.05, 0) is 94.3 Å². The summed E-state index contributed by atoms with van der Waals surface area (Å²) in [5.41, 5.74) is 2.99. The number of likely N-dealkylation sites (tertiary alicyclic amines) is 2. The Kier molecular flexibility index (Phi) is 10.9. The molecule has 11 heteroatoms. The molecule has 3 aromatic rings. The molecule has 4 heterocycles. The fraction of sp³-hybridized carbons (Fsp3) is 0.568. The zero-order valence-electron chi connectivity index (χ0n) is 29.1. The van der Waals surface area contributed by atoms with Crippen LogP contribution >= 0.6 is 0 Å². The molecule has 0 bridgehead atoms. The molecule has 1 aromatic heterocycles. The number of piperidine rings is 2. The SMILES string of the molecule is COc1cc(C)c(S(=O)(=O)N2CCCCC2COc2ccnc(N(C)CCN3CCC(c4ccccc4)(N4CCCC4)CC3)n2)c(C)c1. The lowest BCUT2D eigenvalue weighted by Gasteiger charge is -2.48. The first-order valence-corrected chi connectivity index (χ1v) is 19.0. The lowest BCUT2D eigenvalue weighted by Crippen LogP contribution is -2.53. The van der Waals surface area contributed by atoms with Crippen LogP contribution in [0.2, 0.25) is 0 Å². The van der Waals surface area contributed by atoms with Gasteiger partial charge in [0.1, 0.15) is 12.4 Å². The molecule has 2 aromatic carbocycles. The third-order valence-corrected chi connectivity index (χ3v) is 12.9. The highest BCUT2D eigenvalue weighted by Gasteiger charge is 2.42. The highest BCUT2D eigenvalue weighted by molar-refractivity contribution is 7.89. The normalized spacial score (nSPS) is 20.9. The Labute approximate surface area is 287 Å². The highest BCUT2D eigenvalue weighted by atomic mass is 32.2. The number of benzene rings is 2. The number of anilines is 1. The minimum Gasteiger partial charge on any atom is -0.497 e. The van der Waals surface area contributed by atoms with Crippen molar-refractivity contribution >= 4 is 16.0 Å². The Balaban J connectivity index is 1.05. The summed E-state index contributed by atoms with van der Waals surface area (Å²) >= 11 is 0. The molecular weight excluding hydrogens is 625 g/mol. The van der Waals surface area contributed by atoms with Crippen LogP contribution in [-0.4, -0.2) is 105 Å². The number of nitrogens with zero attached hydrogens (tertiary/aromatic N) is 6. The van der Waals surface area contributed by atoms with Crippen LogP contribution in [0, 0.1) is 13.8 Å². The average Bonchev–Trinajstić information content (AvgIpc) is 3.66. The first-order valence-electron chi connectivity index (χ1n) is 17.6. The number of likely N-dealkylation sites (N-methyl/N-ethyl adjacent to an activating group) is 1. The van der Waals surface area contributed by atoms with Crippen molar-refractivity contribution < 1.29 is 17.9 Å². The van der Waals surface area contributed by atoms with Crippen LogP contribution in [-0.2, 0) is 15.6 Å². The van der Waals surface area contributed by atoms with E-state index in [0.717, 1.165) is 58.3 Å². The Morgan fingerprint density at radius 3 is 2.31 bits per heavy atom. The van der Waals surface area contributed by atoms with Gasteiger partial charge in [-0.2, -0.15) is 9.29 Å². The second-order valence-corrected chi connectivity index (χ2v) is 15.5. The molecule has 0 aliphatic carbocycles.